The number of hydrogen-bond donors (Lipinski definition) is 2. The lowest BCUT2D eigenvalue weighted by molar-refractivity contribution is -0.118. The second-order valence-corrected chi connectivity index (χ2v) is 10.7. The van der Waals surface area contributed by atoms with Crippen molar-refractivity contribution in [3.63, 3.8) is 0 Å². The van der Waals surface area contributed by atoms with Crippen LogP contribution in [-0.4, -0.2) is 27.2 Å². The lowest BCUT2D eigenvalue weighted by Gasteiger charge is -2.29. The van der Waals surface area contributed by atoms with E-state index >= 15 is 0 Å². The minimum Gasteiger partial charge on any atom is -0.484 e. The number of amides is 1. The van der Waals surface area contributed by atoms with Crippen LogP contribution >= 0.6 is 12.2 Å². The zero-order chi connectivity index (χ0) is 29.1. The Morgan fingerprint density at radius 2 is 1.67 bits per heavy atom. The molecule has 6 rings (SSSR count). The van der Waals surface area contributed by atoms with Crippen molar-refractivity contribution in [2.75, 3.05) is 16.8 Å². The molecule has 0 bridgehead atoms. The van der Waals surface area contributed by atoms with E-state index in [1.165, 1.54) is 11.1 Å². The fourth-order valence-electron chi connectivity index (χ4n) is 5.25. The SMILES string of the molecule is Cc1ccc(-n2cccc2[C@@H]2[C@H](c3ccccn3)NC(=S)N2c2ccc(NC(=O)COc3ccccc3)cc2)cc1C. The molecule has 3 heterocycles. The Kier molecular flexibility index (Phi) is 7.70. The van der Waals surface area contributed by atoms with Crippen molar-refractivity contribution in [3.05, 3.63) is 138 Å². The van der Waals surface area contributed by atoms with Crippen LogP contribution < -0.4 is 20.3 Å². The smallest absolute Gasteiger partial charge is 0.262 e. The van der Waals surface area contributed by atoms with Crippen LogP contribution in [0.1, 0.15) is 34.6 Å². The third-order valence-electron chi connectivity index (χ3n) is 7.49. The molecule has 0 aliphatic carbocycles. The summed E-state index contributed by atoms with van der Waals surface area (Å²) in [6, 6.07) is 33.3. The van der Waals surface area contributed by atoms with Crippen molar-refractivity contribution in [2.45, 2.75) is 25.9 Å². The number of ether oxygens (including phenoxy) is 1. The Morgan fingerprint density at radius 3 is 2.40 bits per heavy atom. The molecule has 0 spiro atoms. The first kappa shape index (κ1) is 27.2. The number of benzene rings is 3. The van der Waals surface area contributed by atoms with Crippen molar-refractivity contribution >= 4 is 34.6 Å². The normalized spacial score (nSPS) is 16.2. The molecule has 5 aromatic rings. The number of nitrogens with zero attached hydrogens (tertiary/aromatic N) is 3. The molecule has 0 unspecified atom stereocenters. The molecule has 42 heavy (non-hydrogen) atoms. The molecule has 1 fully saturated rings. The Bertz CT molecular complexity index is 1700. The molecule has 1 aliphatic heterocycles. The van der Waals surface area contributed by atoms with Gasteiger partial charge in [0.05, 0.1) is 11.7 Å². The van der Waals surface area contributed by atoms with Crippen LogP contribution in [0.15, 0.2) is 116 Å². The van der Waals surface area contributed by atoms with Gasteiger partial charge >= 0.3 is 0 Å². The third-order valence-corrected chi connectivity index (χ3v) is 7.81. The van der Waals surface area contributed by atoms with Crippen LogP contribution in [0.5, 0.6) is 5.75 Å². The van der Waals surface area contributed by atoms with Gasteiger partial charge in [-0.05, 0) is 110 Å². The first-order chi connectivity index (χ1) is 20.5. The minimum absolute atomic E-state index is 0.0742. The Morgan fingerprint density at radius 1 is 0.905 bits per heavy atom. The summed E-state index contributed by atoms with van der Waals surface area (Å²) in [7, 11) is 0. The maximum Gasteiger partial charge on any atom is 0.262 e. The zero-order valence-electron chi connectivity index (χ0n) is 23.4. The lowest BCUT2D eigenvalue weighted by Crippen LogP contribution is -2.30. The molecular weight excluding hydrogens is 542 g/mol. The van der Waals surface area contributed by atoms with Crippen molar-refractivity contribution in [1.82, 2.24) is 14.9 Å². The fourth-order valence-corrected chi connectivity index (χ4v) is 5.59. The highest BCUT2D eigenvalue weighted by Gasteiger charge is 2.42. The van der Waals surface area contributed by atoms with Crippen molar-refractivity contribution in [2.24, 2.45) is 0 Å². The van der Waals surface area contributed by atoms with E-state index in [0.717, 1.165) is 22.8 Å². The number of anilines is 2. The highest BCUT2D eigenvalue weighted by atomic mass is 32.1. The number of rotatable bonds is 8. The predicted molar refractivity (Wildman–Crippen MR) is 170 cm³/mol. The molecule has 8 heteroatoms. The third kappa shape index (κ3) is 5.62. The highest BCUT2D eigenvalue weighted by molar-refractivity contribution is 7.80. The van der Waals surface area contributed by atoms with Crippen LogP contribution in [0.2, 0.25) is 0 Å². The zero-order valence-corrected chi connectivity index (χ0v) is 24.2. The Balaban J connectivity index is 1.29. The minimum atomic E-state index is -0.232. The van der Waals surface area contributed by atoms with E-state index in [0.29, 0.717) is 16.5 Å². The number of carbonyl (C=O) groups excluding carboxylic acids is 1. The maximum absolute atomic E-state index is 12.5. The van der Waals surface area contributed by atoms with Gasteiger partial charge in [-0.3, -0.25) is 9.78 Å². The van der Waals surface area contributed by atoms with Crippen molar-refractivity contribution in [3.8, 4) is 11.4 Å². The topological polar surface area (TPSA) is 71.4 Å². The van der Waals surface area contributed by atoms with E-state index in [4.69, 9.17) is 17.0 Å². The second kappa shape index (κ2) is 11.9. The Labute approximate surface area is 250 Å². The van der Waals surface area contributed by atoms with Crippen LogP contribution in [0.4, 0.5) is 11.4 Å². The summed E-state index contributed by atoms with van der Waals surface area (Å²) in [5, 5.41) is 7.05. The summed E-state index contributed by atoms with van der Waals surface area (Å²) in [6.07, 6.45) is 3.89. The molecule has 1 saturated heterocycles. The quantitative estimate of drug-likeness (QED) is 0.202. The number of aromatic nitrogens is 2. The van der Waals surface area contributed by atoms with Gasteiger partial charge in [0.1, 0.15) is 11.8 Å². The molecule has 0 saturated carbocycles. The van der Waals surface area contributed by atoms with Crippen LogP contribution in [0.25, 0.3) is 5.69 Å². The number of aryl methyl sites for hydroxylation is 2. The van der Waals surface area contributed by atoms with Gasteiger partial charge in [-0.1, -0.05) is 30.3 Å². The van der Waals surface area contributed by atoms with Crippen LogP contribution in [0.3, 0.4) is 0 Å². The number of pyridine rings is 1. The number of thiocarbonyl (C=S) groups is 1. The fraction of sp³-hybridized carbons (Fsp3) is 0.147. The second-order valence-electron chi connectivity index (χ2n) is 10.3. The first-order valence-corrected chi connectivity index (χ1v) is 14.2. The summed E-state index contributed by atoms with van der Waals surface area (Å²) in [5.74, 6) is 0.418. The summed E-state index contributed by atoms with van der Waals surface area (Å²) >= 11 is 5.92. The lowest BCUT2D eigenvalue weighted by atomic mass is 10.0. The van der Waals surface area contributed by atoms with Gasteiger partial charge in [-0.2, -0.15) is 0 Å². The van der Waals surface area contributed by atoms with Crippen molar-refractivity contribution < 1.29 is 9.53 Å². The molecule has 3 aromatic carbocycles. The highest BCUT2D eigenvalue weighted by Crippen LogP contribution is 2.42. The molecule has 2 N–H and O–H groups in total. The van der Waals surface area contributed by atoms with E-state index in [-0.39, 0.29) is 24.6 Å². The van der Waals surface area contributed by atoms with Crippen molar-refractivity contribution in [1.29, 1.82) is 0 Å². The average molecular weight is 574 g/mol. The predicted octanol–water partition coefficient (Wildman–Crippen LogP) is 6.68. The summed E-state index contributed by atoms with van der Waals surface area (Å²) in [6.45, 7) is 4.18. The summed E-state index contributed by atoms with van der Waals surface area (Å²) in [5.41, 5.74) is 7.14. The molecule has 7 nitrogen and oxygen atoms in total. The first-order valence-electron chi connectivity index (χ1n) is 13.8. The number of hydrogen-bond acceptors (Lipinski definition) is 4. The summed E-state index contributed by atoms with van der Waals surface area (Å²) in [4.78, 5) is 19.3. The van der Waals surface area contributed by atoms with E-state index in [1.807, 2.05) is 72.8 Å². The average Bonchev–Trinajstić information content (AvgIpc) is 3.63. The standard InChI is InChI=1S/C34H31N5O2S/c1-23-13-16-27(21-24(23)2)38-20-8-12-30(38)33-32(29-11-6-7-19-35-29)37-34(42)39(33)26-17-14-25(15-18-26)36-31(40)22-41-28-9-4-3-5-10-28/h3-21,32-33H,22H2,1-2H3,(H,36,40)(H,37,42)/t32-,33+/m0/s1. The van der Waals surface area contributed by atoms with E-state index in [1.54, 1.807) is 6.20 Å². The Hall–Kier alpha value is -4.95. The molecule has 210 valence electrons. The molecule has 0 radical (unpaired) electrons. The van der Waals surface area contributed by atoms with Gasteiger partial charge in [-0.15, -0.1) is 0 Å². The molecule has 1 aliphatic rings. The van der Waals surface area contributed by atoms with E-state index < -0.39 is 0 Å². The van der Waals surface area contributed by atoms with Crippen LogP contribution in [0, 0.1) is 13.8 Å². The molecular formula is C34H31N5O2S. The number of carbonyl (C=O) groups is 1. The van der Waals surface area contributed by atoms with Gasteiger partial charge in [0.2, 0.25) is 0 Å². The number of nitrogens with one attached hydrogen (secondary N) is 2. The molecule has 1 amide bonds. The van der Waals surface area contributed by atoms with Gasteiger partial charge in [0.25, 0.3) is 5.91 Å². The van der Waals surface area contributed by atoms with Gasteiger partial charge < -0.3 is 24.8 Å². The maximum atomic E-state index is 12.5. The monoisotopic (exact) mass is 573 g/mol. The van der Waals surface area contributed by atoms with E-state index in [9.17, 15) is 4.79 Å². The molecule has 2 atom stereocenters. The molecule has 2 aromatic heterocycles. The summed E-state index contributed by atoms with van der Waals surface area (Å²) < 4.78 is 7.80. The largest absolute Gasteiger partial charge is 0.484 e. The van der Waals surface area contributed by atoms with Gasteiger partial charge in [0, 0.05) is 35.1 Å². The van der Waals surface area contributed by atoms with E-state index in [2.05, 4.69) is 75.5 Å². The van der Waals surface area contributed by atoms with Crippen LogP contribution in [-0.2, 0) is 4.79 Å². The number of para-hydroxylation sites is 1. The van der Waals surface area contributed by atoms with Gasteiger partial charge in [-0.25, -0.2) is 0 Å². The van der Waals surface area contributed by atoms with Gasteiger partial charge in [0.15, 0.2) is 11.7 Å².